The Kier molecular flexibility index (Phi) is 7.23. The van der Waals surface area contributed by atoms with E-state index in [1.165, 1.54) is 17.3 Å². The summed E-state index contributed by atoms with van der Waals surface area (Å²) in [5, 5.41) is 2.66. The van der Waals surface area contributed by atoms with Gasteiger partial charge in [-0.05, 0) is 50.1 Å². The first-order chi connectivity index (χ1) is 14.4. The molecule has 0 bridgehead atoms. The molecule has 1 aliphatic heterocycles. The van der Waals surface area contributed by atoms with Crippen LogP contribution in [-0.2, 0) is 14.8 Å². The molecule has 1 fully saturated rings. The second-order valence-electron chi connectivity index (χ2n) is 7.27. The van der Waals surface area contributed by atoms with Gasteiger partial charge < -0.3 is 10.1 Å². The fraction of sp³-hybridized carbons (Fsp3) is 0.364. The monoisotopic (exact) mass is 430 g/mol. The lowest BCUT2D eigenvalue weighted by Crippen LogP contribution is -2.32. The van der Waals surface area contributed by atoms with Crippen molar-refractivity contribution in [2.75, 3.05) is 25.0 Å². The van der Waals surface area contributed by atoms with E-state index < -0.39 is 15.9 Å². The minimum atomic E-state index is -3.59. The second kappa shape index (κ2) is 9.86. The smallest absolute Gasteiger partial charge is 0.262 e. The number of nitrogens with zero attached hydrogens (tertiary/aromatic N) is 1. The topological polar surface area (TPSA) is 92.8 Å². The van der Waals surface area contributed by atoms with Crippen molar-refractivity contribution in [3.8, 4) is 5.75 Å². The zero-order chi connectivity index (χ0) is 21.6. The Balaban J connectivity index is 1.64. The molecule has 160 valence electrons. The molecule has 2 aromatic rings. The molecule has 7 nitrogen and oxygen atoms in total. The van der Waals surface area contributed by atoms with Crippen molar-refractivity contribution in [3.05, 3.63) is 54.1 Å². The average Bonchev–Trinajstić information content (AvgIpc) is 3.03. The fourth-order valence-electron chi connectivity index (χ4n) is 3.32. The zero-order valence-electron chi connectivity index (χ0n) is 17.0. The molecule has 30 heavy (non-hydrogen) atoms. The van der Waals surface area contributed by atoms with Gasteiger partial charge in [-0.3, -0.25) is 9.59 Å². The van der Waals surface area contributed by atoms with E-state index in [1.807, 2.05) is 0 Å². The van der Waals surface area contributed by atoms with Gasteiger partial charge in [0, 0.05) is 24.3 Å². The summed E-state index contributed by atoms with van der Waals surface area (Å²) in [6.07, 6.45) is 3.80. The van der Waals surface area contributed by atoms with Crippen LogP contribution < -0.4 is 10.1 Å². The Morgan fingerprint density at radius 1 is 1.00 bits per heavy atom. The largest absolute Gasteiger partial charge is 0.484 e. The highest BCUT2D eigenvalue weighted by molar-refractivity contribution is 7.89. The van der Waals surface area contributed by atoms with Crippen LogP contribution in [0.5, 0.6) is 5.75 Å². The number of nitrogens with one attached hydrogen (secondary N) is 1. The predicted octanol–water partition coefficient (Wildman–Crippen LogP) is 3.47. The summed E-state index contributed by atoms with van der Waals surface area (Å²) in [5.74, 6) is -0.102. The van der Waals surface area contributed by atoms with Crippen molar-refractivity contribution in [3.63, 3.8) is 0 Å². The molecule has 0 aromatic heterocycles. The Bertz CT molecular complexity index is 1010. The van der Waals surface area contributed by atoms with E-state index in [0.29, 0.717) is 30.1 Å². The molecule has 0 spiro atoms. The number of carbonyl (C=O) groups is 2. The van der Waals surface area contributed by atoms with Gasteiger partial charge in [-0.1, -0.05) is 31.0 Å². The maximum atomic E-state index is 12.9. The number of hydrogen-bond donors (Lipinski definition) is 1. The number of anilines is 1. The van der Waals surface area contributed by atoms with Gasteiger partial charge in [0.25, 0.3) is 5.91 Å². The number of ether oxygens (including phenoxy) is 1. The van der Waals surface area contributed by atoms with Gasteiger partial charge in [0.15, 0.2) is 12.4 Å². The molecule has 0 saturated carbocycles. The zero-order valence-corrected chi connectivity index (χ0v) is 17.8. The van der Waals surface area contributed by atoms with E-state index in [2.05, 4.69) is 5.32 Å². The third-order valence-corrected chi connectivity index (χ3v) is 6.83. The van der Waals surface area contributed by atoms with Gasteiger partial charge in [0.2, 0.25) is 10.0 Å². The van der Waals surface area contributed by atoms with Crippen molar-refractivity contribution in [2.45, 2.75) is 37.5 Å². The molecule has 1 aliphatic rings. The van der Waals surface area contributed by atoms with Crippen molar-refractivity contribution in [1.82, 2.24) is 4.31 Å². The van der Waals surface area contributed by atoms with Crippen LogP contribution >= 0.6 is 0 Å². The van der Waals surface area contributed by atoms with E-state index in [4.69, 9.17) is 4.74 Å². The lowest BCUT2D eigenvalue weighted by molar-refractivity contribution is -0.118. The minimum Gasteiger partial charge on any atom is -0.484 e. The Hall–Kier alpha value is -2.71. The molecule has 0 unspecified atom stereocenters. The van der Waals surface area contributed by atoms with E-state index in [9.17, 15) is 18.0 Å². The average molecular weight is 431 g/mol. The summed E-state index contributed by atoms with van der Waals surface area (Å²) in [6, 6.07) is 12.8. The van der Waals surface area contributed by atoms with Gasteiger partial charge in [0.05, 0.1) is 4.90 Å². The van der Waals surface area contributed by atoms with Gasteiger partial charge in [-0.25, -0.2) is 8.42 Å². The standard InChI is InChI=1S/C22H26N2O5S/c1-17(25)18-8-6-10-20(14-18)29-16-22(26)23-19-9-7-11-21(15-19)30(27,28)24-12-4-2-3-5-13-24/h6-11,14-15H,2-5,12-13,16H2,1H3,(H,23,26). The number of amides is 1. The van der Waals surface area contributed by atoms with Gasteiger partial charge in [-0.2, -0.15) is 4.31 Å². The first-order valence-electron chi connectivity index (χ1n) is 10.00. The minimum absolute atomic E-state index is 0.0904. The lowest BCUT2D eigenvalue weighted by atomic mass is 10.1. The van der Waals surface area contributed by atoms with Crippen molar-refractivity contribution >= 4 is 27.4 Å². The number of carbonyl (C=O) groups excluding carboxylic acids is 2. The molecule has 0 atom stereocenters. The molecule has 3 rings (SSSR count). The van der Waals surface area contributed by atoms with E-state index in [0.717, 1.165) is 25.7 Å². The van der Waals surface area contributed by atoms with Crippen molar-refractivity contribution in [2.24, 2.45) is 0 Å². The van der Waals surface area contributed by atoms with Crippen LogP contribution in [0.1, 0.15) is 43.0 Å². The van der Waals surface area contributed by atoms with E-state index in [-0.39, 0.29) is 17.3 Å². The first kappa shape index (κ1) is 22.0. The first-order valence-corrected chi connectivity index (χ1v) is 11.4. The normalized spacial score (nSPS) is 15.2. The number of rotatable bonds is 7. The van der Waals surface area contributed by atoms with Crippen LogP contribution in [0.2, 0.25) is 0 Å². The summed E-state index contributed by atoms with van der Waals surface area (Å²) >= 11 is 0. The lowest BCUT2D eigenvalue weighted by Gasteiger charge is -2.20. The maximum absolute atomic E-state index is 12.9. The highest BCUT2D eigenvalue weighted by Crippen LogP contribution is 2.23. The number of Topliss-reactive ketones (excluding diaryl/α,β-unsaturated/α-hetero) is 1. The maximum Gasteiger partial charge on any atom is 0.262 e. The molecular formula is C22H26N2O5S. The van der Waals surface area contributed by atoms with E-state index >= 15 is 0 Å². The predicted molar refractivity (Wildman–Crippen MR) is 114 cm³/mol. The fourth-order valence-corrected chi connectivity index (χ4v) is 4.88. The third-order valence-electron chi connectivity index (χ3n) is 4.93. The molecule has 0 aliphatic carbocycles. The van der Waals surface area contributed by atoms with Crippen LogP contribution in [0.4, 0.5) is 5.69 Å². The molecule has 1 saturated heterocycles. The Morgan fingerprint density at radius 2 is 1.70 bits per heavy atom. The molecule has 1 heterocycles. The number of ketones is 1. The SMILES string of the molecule is CC(=O)c1cccc(OCC(=O)Nc2cccc(S(=O)(=O)N3CCCCCC3)c2)c1. The van der Waals surface area contributed by atoms with Gasteiger partial charge in [-0.15, -0.1) is 0 Å². The summed E-state index contributed by atoms with van der Waals surface area (Å²) in [6.45, 7) is 2.24. The molecule has 0 radical (unpaired) electrons. The van der Waals surface area contributed by atoms with Crippen LogP contribution in [0, 0.1) is 0 Å². The van der Waals surface area contributed by atoms with Gasteiger partial charge in [0.1, 0.15) is 5.75 Å². The number of hydrogen-bond acceptors (Lipinski definition) is 5. The summed E-state index contributed by atoms with van der Waals surface area (Å²) in [5.41, 5.74) is 0.885. The number of benzene rings is 2. The second-order valence-corrected chi connectivity index (χ2v) is 9.20. The third kappa shape index (κ3) is 5.67. The van der Waals surface area contributed by atoms with Crippen LogP contribution in [0.15, 0.2) is 53.4 Å². The van der Waals surface area contributed by atoms with Crippen LogP contribution in [0.3, 0.4) is 0 Å². The van der Waals surface area contributed by atoms with Crippen molar-refractivity contribution in [1.29, 1.82) is 0 Å². The molecule has 1 amide bonds. The highest BCUT2D eigenvalue weighted by Gasteiger charge is 2.25. The van der Waals surface area contributed by atoms with Crippen LogP contribution in [0.25, 0.3) is 0 Å². The Morgan fingerprint density at radius 3 is 2.40 bits per heavy atom. The molecule has 1 N–H and O–H groups in total. The highest BCUT2D eigenvalue weighted by atomic mass is 32.2. The van der Waals surface area contributed by atoms with E-state index in [1.54, 1.807) is 42.5 Å². The van der Waals surface area contributed by atoms with Crippen molar-refractivity contribution < 1.29 is 22.7 Å². The quantitative estimate of drug-likeness (QED) is 0.679. The molecular weight excluding hydrogens is 404 g/mol. The summed E-state index contributed by atoms with van der Waals surface area (Å²) < 4.78 is 32.8. The van der Waals surface area contributed by atoms with Crippen LogP contribution in [-0.4, -0.2) is 44.1 Å². The number of sulfonamides is 1. The summed E-state index contributed by atoms with van der Waals surface area (Å²) in [4.78, 5) is 23.8. The molecule has 8 heteroatoms. The summed E-state index contributed by atoms with van der Waals surface area (Å²) in [7, 11) is -3.59. The molecule has 2 aromatic carbocycles. The van der Waals surface area contributed by atoms with Gasteiger partial charge >= 0.3 is 0 Å². The Labute approximate surface area is 177 Å².